The van der Waals surface area contributed by atoms with Gasteiger partial charge in [0, 0.05) is 5.56 Å². The van der Waals surface area contributed by atoms with Gasteiger partial charge in [-0.05, 0) is 93.6 Å². The molecule has 1 saturated carbocycles. The zero-order valence-electron chi connectivity index (χ0n) is 18.4. The van der Waals surface area contributed by atoms with Crippen LogP contribution in [-0.2, 0) is 6.42 Å². The van der Waals surface area contributed by atoms with Crippen LogP contribution in [0.25, 0.3) is 5.57 Å². The molecule has 0 heterocycles. The Morgan fingerprint density at radius 3 is 2.45 bits per heavy atom. The van der Waals surface area contributed by atoms with Crippen LogP contribution in [0, 0.1) is 29.4 Å². The molecule has 0 N–H and O–H groups in total. The minimum Gasteiger partial charge on any atom is -0.203 e. The smallest absolute Gasteiger partial charge is 0.166 e. The molecule has 1 atom stereocenters. The summed E-state index contributed by atoms with van der Waals surface area (Å²) in [6, 6.07) is 3.61. The Hall–Kier alpha value is -1.44. The van der Waals surface area contributed by atoms with Crippen LogP contribution in [0.2, 0.25) is 0 Å². The van der Waals surface area contributed by atoms with E-state index in [-0.39, 0.29) is 0 Å². The molecule has 160 valence electrons. The summed E-state index contributed by atoms with van der Waals surface area (Å²) >= 11 is 0. The second kappa shape index (κ2) is 11.1. The molecule has 0 bridgehead atoms. The SMILES string of the molecule is C/C=C/CCC1CCC(C2CC=C(c3ccc(CCCC)c(F)c3F)CC2)CC1. The zero-order chi connectivity index (χ0) is 20.6. The highest BCUT2D eigenvalue weighted by Gasteiger charge is 2.29. The molecule has 1 unspecified atom stereocenters. The Labute approximate surface area is 176 Å². The van der Waals surface area contributed by atoms with Crippen LogP contribution in [0.15, 0.2) is 30.4 Å². The molecule has 1 aromatic rings. The van der Waals surface area contributed by atoms with E-state index in [1.807, 2.05) is 6.07 Å². The lowest BCUT2D eigenvalue weighted by molar-refractivity contribution is 0.190. The molecule has 0 nitrogen and oxygen atoms in total. The Bertz CT molecular complexity index is 707. The molecule has 2 aliphatic rings. The number of aryl methyl sites for hydroxylation is 1. The van der Waals surface area contributed by atoms with Crippen molar-refractivity contribution in [3.8, 4) is 0 Å². The van der Waals surface area contributed by atoms with Crippen molar-refractivity contribution >= 4 is 5.57 Å². The summed E-state index contributed by atoms with van der Waals surface area (Å²) in [6.45, 7) is 4.17. The van der Waals surface area contributed by atoms with Gasteiger partial charge in [-0.15, -0.1) is 0 Å². The third-order valence-corrected chi connectivity index (χ3v) is 7.29. The van der Waals surface area contributed by atoms with Gasteiger partial charge >= 0.3 is 0 Å². The molecule has 2 aliphatic carbocycles. The van der Waals surface area contributed by atoms with Crippen molar-refractivity contribution in [2.75, 3.05) is 0 Å². The minimum atomic E-state index is -0.634. The number of halogens is 2. The summed E-state index contributed by atoms with van der Waals surface area (Å²) in [5.41, 5.74) is 2.03. The van der Waals surface area contributed by atoms with E-state index in [4.69, 9.17) is 0 Å². The van der Waals surface area contributed by atoms with E-state index in [2.05, 4.69) is 32.1 Å². The van der Waals surface area contributed by atoms with Crippen molar-refractivity contribution in [2.24, 2.45) is 17.8 Å². The zero-order valence-corrected chi connectivity index (χ0v) is 18.4. The maximum Gasteiger partial charge on any atom is 0.166 e. The molecule has 0 amide bonds. The van der Waals surface area contributed by atoms with Gasteiger partial charge in [-0.1, -0.05) is 56.5 Å². The van der Waals surface area contributed by atoms with Gasteiger partial charge in [-0.25, -0.2) is 8.78 Å². The molecular weight excluding hydrogens is 362 g/mol. The molecule has 0 radical (unpaired) electrons. The van der Waals surface area contributed by atoms with Crippen LogP contribution < -0.4 is 0 Å². The fraction of sp³-hybridized carbons (Fsp3) is 0.630. The van der Waals surface area contributed by atoms with Crippen molar-refractivity contribution in [3.63, 3.8) is 0 Å². The van der Waals surface area contributed by atoms with Gasteiger partial charge in [0.05, 0.1) is 0 Å². The predicted molar refractivity (Wildman–Crippen MR) is 120 cm³/mol. The monoisotopic (exact) mass is 400 g/mol. The van der Waals surface area contributed by atoms with Crippen LogP contribution in [-0.4, -0.2) is 0 Å². The van der Waals surface area contributed by atoms with E-state index in [0.717, 1.165) is 55.4 Å². The first-order valence-electron chi connectivity index (χ1n) is 11.9. The molecule has 1 aromatic carbocycles. The summed E-state index contributed by atoms with van der Waals surface area (Å²) in [6.07, 6.45) is 20.2. The predicted octanol–water partition coefficient (Wildman–Crippen LogP) is 8.65. The lowest BCUT2D eigenvalue weighted by Gasteiger charge is -2.35. The Morgan fingerprint density at radius 2 is 1.79 bits per heavy atom. The molecule has 0 spiro atoms. The minimum absolute atomic E-state index is 0.494. The van der Waals surface area contributed by atoms with Crippen LogP contribution in [0.5, 0.6) is 0 Å². The lowest BCUT2D eigenvalue weighted by atomic mass is 9.70. The largest absolute Gasteiger partial charge is 0.203 e. The number of unbranched alkanes of at least 4 members (excludes halogenated alkanes) is 1. The number of rotatable bonds is 8. The van der Waals surface area contributed by atoms with Crippen molar-refractivity contribution in [2.45, 2.75) is 90.9 Å². The number of hydrogen-bond donors (Lipinski definition) is 0. The average Bonchev–Trinajstić information content (AvgIpc) is 2.76. The van der Waals surface area contributed by atoms with Crippen molar-refractivity contribution in [1.29, 1.82) is 0 Å². The van der Waals surface area contributed by atoms with Gasteiger partial charge in [-0.3, -0.25) is 0 Å². The van der Waals surface area contributed by atoms with Gasteiger partial charge in [-0.2, -0.15) is 0 Å². The summed E-state index contributed by atoms with van der Waals surface area (Å²) in [5.74, 6) is 1.19. The molecular formula is C27H38F2. The second-order valence-corrected chi connectivity index (χ2v) is 9.19. The second-order valence-electron chi connectivity index (χ2n) is 9.19. The molecule has 2 heteroatoms. The molecule has 0 aliphatic heterocycles. The van der Waals surface area contributed by atoms with Gasteiger partial charge in [0.15, 0.2) is 11.6 Å². The first-order chi connectivity index (χ1) is 14.1. The molecule has 0 saturated heterocycles. The lowest BCUT2D eigenvalue weighted by Crippen LogP contribution is -2.23. The number of hydrogen-bond acceptors (Lipinski definition) is 0. The van der Waals surface area contributed by atoms with Crippen LogP contribution in [0.1, 0.15) is 95.6 Å². The van der Waals surface area contributed by atoms with Crippen LogP contribution in [0.4, 0.5) is 8.78 Å². The Morgan fingerprint density at radius 1 is 1.00 bits per heavy atom. The summed E-state index contributed by atoms with van der Waals surface area (Å²) < 4.78 is 29.1. The highest BCUT2D eigenvalue weighted by Crippen LogP contribution is 2.42. The number of benzene rings is 1. The third-order valence-electron chi connectivity index (χ3n) is 7.29. The van der Waals surface area contributed by atoms with E-state index in [9.17, 15) is 8.78 Å². The summed E-state index contributed by atoms with van der Waals surface area (Å²) in [5, 5.41) is 0. The van der Waals surface area contributed by atoms with Crippen LogP contribution in [0.3, 0.4) is 0 Å². The van der Waals surface area contributed by atoms with E-state index in [0.29, 0.717) is 17.5 Å². The van der Waals surface area contributed by atoms with E-state index in [1.165, 1.54) is 38.5 Å². The highest BCUT2D eigenvalue weighted by molar-refractivity contribution is 5.67. The third kappa shape index (κ3) is 5.80. The Kier molecular flexibility index (Phi) is 8.51. The molecule has 0 aromatic heterocycles. The van der Waals surface area contributed by atoms with Gasteiger partial charge in [0.2, 0.25) is 0 Å². The molecule has 1 fully saturated rings. The molecule has 29 heavy (non-hydrogen) atoms. The topological polar surface area (TPSA) is 0 Å². The fourth-order valence-electron chi connectivity index (χ4n) is 5.37. The normalized spacial score (nSPS) is 25.4. The summed E-state index contributed by atoms with van der Waals surface area (Å²) in [7, 11) is 0. The molecule has 3 rings (SSSR count). The van der Waals surface area contributed by atoms with E-state index < -0.39 is 11.6 Å². The Balaban J connectivity index is 1.55. The quantitative estimate of drug-likeness (QED) is 0.383. The maximum absolute atomic E-state index is 14.7. The van der Waals surface area contributed by atoms with Gasteiger partial charge < -0.3 is 0 Å². The number of allylic oxidation sites excluding steroid dienone is 4. The standard InChI is InChI=1S/C27H38F2/c1-3-5-7-8-20-10-12-21(13-11-20)22-14-16-23(17-15-22)25-19-18-24(9-6-4-2)26(28)27(25)29/h3,5,16,18-22H,4,6-15,17H2,1-2H3/b5-3+. The van der Waals surface area contributed by atoms with Crippen molar-refractivity contribution in [1.82, 2.24) is 0 Å². The van der Waals surface area contributed by atoms with Crippen LogP contribution >= 0.6 is 0 Å². The first kappa shape index (κ1) is 22.2. The van der Waals surface area contributed by atoms with E-state index in [1.54, 1.807) is 6.07 Å². The van der Waals surface area contributed by atoms with Crippen molar-refractivity contribution < 1.29 is 8.78 Å². The van der Waals surface area contributed by atoms with Crippen molar-refractivity contribution in [3.05, 3.63) is 53.1 Å². The highest BCUT2D eigenvalue weighted by atomic mass is 19.2. The average molecular weight is 401 g/mol. The summed E-state index contributed by atoms with van der Waals surface area (Å²) in [4.78, 5) is 0. The van der Waals surface area contributed by atoms with E-state index >= 15 is 0 Å². The fourth-order valence-corrected chi connectivity index (χ4v) is 5.37. The maximum atomic E-state index is 14.7. The van der Waals surface area contributed by atoms with Gasteiger partial charge in [0.25, 0.3) is 0 Å². The first-order valence-corrected chi connectivity index (χ1v) is 11.9. The van der Waals surface area contributed by atoms with Gasteiger partial charge in [0.1, 0.15) is 0 Å².